The molecular formula is C23H27NO7. The lowest BCUT2D eigenvalue weighted by molar-refractivity contribution is -0.168. The molecule has 2 N–H and O–H groups in total. The molecule has 0 bridgehead atoms. The van der Waals surface area contributed by atoms with Crippen LogP contribution in [-0.2, 0) is 20.8 Å². The van der Waals surface area contributed by atoms with Crippen molar-refractivity contribution in [3.8, 4) is 5.75 Å². The van der Waals surface area contributed by atoms with E-state index in [0.29, 0.717) is 11.3 Å². The molecule has 166 valence electrons. The topological polar surface area (TPSA) is 113 Å². The van der Waals surface area contributed by atoms with Crippen LogP contribution in [-0.4, -0.2) is 52.9 Å². The number of esters is 1. The molecule has 0 aliphatic carbocycles. The van der Waals surface area contributed by atoms with Gasteiger partial charge in [-0.1, -0.05) is 36.8 Å². The van der Waals surface area contributed by atoms with Crippen LogP contribution in [0.15, 0.2) is 54.6 Å². The van der Waals surface area contributed by atoms with Crippen LogP contribution in [0.3, 0.4) is 0 Å². The summed E-state index contributed by atoms with van der Waals surface area (Å²) in [4.78, 5) is 36.0. The van der Waals surface area contributed by atoms with Gasteiger partial charge in [-0.25, -0.2) is 14.4 Å². The molecule has 0 radical (unpaired) electrons. The first-order valence-electron chi connectivity index (χ1n) is 10.2. The molecule has 2 aromatic carbocycles. The van der Waals surface area contributed by atoms with Crippen LogP contribution in [0, 0.1) is 0 Å². The Hall–Kier alpha value is -3.23. The van der Waals surface area contributed by atoms with Crippen LogP contribution < -0.4 is 4.74 Å². The minimum atomic E-state index is -1.82. The number of hydrogen-bond acceptors (Lipinski definition) is 6. The molecule has 0 aromatic heterocycles. The van der Waals surface area contributed by atoms with Gasteiger partial charge in [0, 0.05) is 13.1 Å². The lowest BCUT2D eigenvalue weighted by Gasteiger charge is -2.25. The molecule has 0 amide bonds. The van der Waals surface area contributed by atoms with Crippen LogP contribution in [0.2, 0.25) is 0 Å². The number of ether oxygens (including phenoxy) is 1. The van der Waals surface area contributed by atoms with Gasteiger partial charge in [0.25, 0.3) is 0 Å². The molecule has 3 rings (SSSR count). The monoisotopic (exact) mass is 429 g/mol. The summed E-state index contributed by atoms with van der Waals surface area (Å²) in [6.45, 7) is 2.87. The maximum Gasteiger partial charge on any atom is 0.414 e. The van der Waals surface area contributed by atoms with Gasteiger partial charge in [-0.15, -0.1) is 0 Å². The Kier molecular flexibility index (Phi) is 10.2. The van der Waals surface area contributed by atoms with Crippen molar-refractivity contribution in [1.29, 1.82) is 0 Å². The summed E-state index contributed by atoms with van der Waals surface area (Å²) in [6, 6.07) is 16.7. The second kappa shape index (κ2) is 13.1. The number of hydrogen-bond donors (Lipinski definition) is 2. The Morgan fingerprint density at radius 3 is 2.03 bits per heavy atom. The van der Waals surface area contributed by atoms with Crippen molar-refractivity contribution in [1.82, 2.24) is 5.06 Å². The second-order valence-corrected chi connectivity index (χ2v) is 6.94. The average molecular weight is 429 g/mol. The van der Waals surface area contributed by atoms with Crippen molar-refractivity contribution in [3.05, 3.63) is 65.7 Å². The number of rotatable bonds is 7. The molecule has 1 aliphatic rings. The number of aryl methyl sites for hydroxylation is 1. The molecule has 8 heteroatoms. The average Bonchev–Trinajstić information content (AvgIpc) is 2.79. The predicted molar refractivity (Wildman–Crippen MR) is 113 cm³/mol. The highest BCUT2D eigenvalue weighted by atomic mass is 16.7. The van der Waals surface area contributed by atoms with Crippen molar-refractivity contribution in [3.63, 3.8) is 0 Å². The van der Waals surface area contributed by atoms with Gasteiger partial charge in [0.2, 0.25) is 0 Å². The van der Waals surface area contributed by atoms with Gasteiger partial charge < -0.3 is 14.9 Å². The quantitative estimate of drug-likeness (QED) is 0.298. The summed E-state index contributed by atoms with van der Waals surface area (Å²) in [5.74, 6) is -3.41. The van der Waals surface area contributed by atoms with Crippen LogP contribution in [0.4, 0.5) is 0 Å². The Morgan fingerprint density at radius 1 is 0.839 bits per heavy atom. The van der Waals surface area contributed by atoms with Crippen LogP contribution in [0.1, 0.15) is 41.6 Å². The summed E-state index contributed by atoms with van der Waals surface area (Å²) in [5, 5.41) is 16.9. The van der Waals surface area contributed by atoms with Gasteiger partial charge in [-0.3, -0.25) is 4.84 Å². The SMILES string of the molecule is O=C(O)C(=O)O.O=C(Oc1ccc(CCCON2CCCCC2)cc1)c1ccccc1. The molecule has 0 spiro atoms. The van der Waals surface area contributed by atoms with Crippen molar-refractivity contribution in [2.24, 2.45) is 0 Å². The lowest BCUT2D eigenvalue weighted by Crippen LogP contribution is -2.30. The van der Waals surface area contributed by atoms with E-state index in [1.54, 1.807) is 12.1 Å². The standard InChI is InChI=1S/C21H25NO3.C2H2O4/c23-21(19-9-3-1-4-10-19)25-20-13-11-18(12-14-20)8-7-17-24-22-15-5-2-6-16-22;3-1(4)2(5)6/h1,3-4,9-14H,2,5-8,15-17H2;(H,3,4)(H,5,6). The number of hydroxylamine groups is 2. The molecule has 8 nitrogen and oxygen atoms in total. The third-order valence-corrected chi connectivity index (χ3v) is 4.53. The fourth-order valence-electron chi connectivity index (χ4n) is 2.93. The van der Waals surface area contributed by atoms with E-state index in [9.17, 15) is 4.79 Å². The number of nitrogens with zero attached hydrogens (tertiary/aromatic N) is 1. The largest absolute Gasteiger partial charge is 0.473 e. The number of benzene rings is 2. The first kappa shape index (κ1) is 24.0. The van der Waals surface area contributed by atoms with Crippen LogP contribution >= 0.6 is 0 Å². The second-order valence-electron chi connectivity index (χ2n) is 6.94. The molecule has 2 aromatic rings. The number of piperidine rings is 1. The molecule has 31 heavy (non-hydrogen) atoms. The van der Waals surface area contributed by atoms with Gasteiger partial charge in [0.15, 0.2) is 0 Å². The summed E-state index contributed by atoms with van der Waals surface area (Å²) < 4.78 is 5.39. The van der Waals surface area contributed by atoms with E-state index in [-0.39, 0.29) is 5.97 Å². The third kappa shape index (κ3) is 9.41. The van der Waals surface area contributed by atoms with Gasteiger partial charge in [-0.05, 0) is 55.5 Å². The fourth-order valence-corrected chi connectivity index (χ4v) is 2.93. The molecule has 1 fully saturated rings. The zero-order chi connectivity index (χ0) is 22.5. The van der Waals surface area contributed by atoms with E-state index in [0.717, 1.165) is 32.5 Å². The van der Waals surface area contributed by atoms with Crippen LogP contribution in [0.5, 0.6) is 5.75 Å². The van der Waals surface area contributed by atoms with E-state index in [1.165, 1.54) is 24.8 Å². The minimum absolute atomic E-state index is 0.330. The zero-order valence-corrected chi connectivity index (χ0v) is 17.2. The smallest absolute Gasteiger partial charge is 0.414 e. The van der Waals surface area contributed by atoms with Crippen molar-refractivity contribution >= 4 is 17.9 Å². The van der Waals surface area contributed by atoms with E-state index >= 15 is 0 Å². The first-order valence-corrected chi connectivity index (χ1v) is 10.2. The first-order chi connectivity index (χ1) is 15.0. The Labute approximate surface area is 181 Å². The maximum atomic E-state index is 12.0. The van der Waals surface area contributed by atoms with Crippen LogP contribution in [0.25, 0.3) is 0 Å². The highest BCUT2D eigenvalue weighted by Gasteiger charge is 2.10. The third-order valence-electron chi connectivity index (χ3n) is 4.53. The molecule has 1 heterocycles. The van der Waals surface area contributed by atoms with Crippen molar-refractivity contribution in [2.75, 3.05) is 19.7 Å². The number of carbonyl (C=O) groups excluding carboxylic acids is 1. The Morgan fingerprint density at radius 2 is 1.45 bits per heavy atom. The molecule has 0 saturated carbocycles. The van der Waals surface area contributed by atoms with E-state index in [1.807, 2.05) is 42.5 Å². The maximum absolute atomic E-state index is 12.0. The lowest BCUT2D eigenvalue weighted by atomic mass is 10.1. The zero-order valence-electron chi connectivity index (χ0n) is 17.2. The van der Waals surface area contributed by atoms with Gasteiger partial charge in [-0.2, -0.15) is 5.06 Å². The van der Waals surface area contributed by atoms with Gasteiger partial charge in [0.1, 0.15) is 5.75 Å². The van der Waals surface area contributed by atoms with Crippen molar-refractivity contribution < 1.29 is 34.2 Å². The highest BCUT2D eigenvalue weighted by Crippen LogP contribution is 2.16. The predicted octanol–water partition coefficient (Wildman–Crippen LogP) is 3.41. The van der Waals surface area contributed by atoms with E-state index in [4.69, 9.17) is 29.4 Å². The van der Waals surface area contributed by atoms with Gasteiger partial charge in [0.05, 0.1) is 12.2 Å². The summed E-state index contributed by atoms with van der Waals surface area (Å²) in [5.41, 5.74) is 1.78. The normalized spacial score (nSPS) is 13.5. The number of carboxylic acids is 2. The van der Waals surface area contributed by atoms with Gasteiger partial charge >= 0.3 is 17.9 Å². The minimum Gasteiger partial charge on any atom is -0.473 e. The summed E-state index contributed by atoms with van der Waals surface area (Å²) >= 11 is 0. The highest BCUT2D eigenvalue weighted by molar-refractivity contribution is 6.27. The molecular weight excluding hydrogens is 402 g/mol. The fraction of sp³-hybridized carbons (Fsp3) is 0.348. The Balaban J connectivity index is 0.000000501. The van der Waals surface area contributed by atoms with Crippen molar-refractivity contribution in [2.45, 2.75) is 32.1 Å². The number of carboxylic acid groups (broad SMARTS) is 2. The summed E-state index contributed by atoms with van der Waals surface area (Å²) in [7, 11) is 0. The number of aliphatic carboxylic acids is 2. The Bertz CT molecular complexity index is 819. The number of carbonyl (C=O) groups is 3. The van der Waals surface area contributed by atoms with E-state index < -0.39 is 11.9 Å². The van der Waals surface area contributed by atoms with E-state index in [2.05, 4.69) is 5.06 Å². The summed E-state index contributed by atoms with van der Waals surface area (Å²) in [6.07, 6.45) is 5.74. The molecule has 0 atom stereocenters. The molecule has 0 unspecified atom stereocenters. The molecule has 1 saturated heterocycles. The molecule has 1 aliphatic heterocycles.